The molecule has 33 heavy (non-hydrogen) atoms. The van der Waals surface area contributed by atoms with E-state index < -0.39 is 10.0 Å². The molecule has 0 radical (unpaired) electrons. The normalized spacial score (nSPS) is 11.1. The highest BCUT2D eigenvalue weighted by molar-refractivity contribution is 7.92. The van der Waals surface area contributed by atoms with Crippen LogP contribution >= 0.6 is 0 Å². The molecule has 1 aromatic heterocycles. The fraction of sp³-hybridized carbons (Fsp3) is 0.280. The molecule has 1 N–H and O–H groups in total. The van der Waals surface area contributed by atoms with Crippen LogP contribution in [-0.4, -0.2) is 39.2 Å². The van der Waals surface area contributed by atoms with E-state index in [4.69, 9.17) is 4.74 Å². The molecule has 0 bridgehead atoms. The maximum atomic E-state index is 12.4. The summed E-state index contributed by atoms with van der Waals surface area (Å²) in [6.45, 7) is 2.07. The Kier molecular flexibility index (Phi) is 8.06. The number of ether oxygens (including phenoxy) is 1. The molecule has 3 aromatic rings. The van der Waals surface area contributed by atoms with Gasteiger partial charge in [0.05, 0.1) is 19.1 Å². The Labute approximate surface area is 195 Å². The summed E-state index contributed by atoms with van der Waals surface area (Å²) in [6, 6.07) is 17.0. The molecule has 0 fully saturated rings. The number of rotatable bonds is 10. The third-order valence-electron chi connectivity index (χ3n) is 5.16. The van der Waals surface area contributed by atoms with Crippen LogP contribution in [-0.2, 0) is 21.2 Å². The Morgan fingerprint density at radius 2 is 1.70 bits per heavy atom. The van der Waals surface area contributed by atoms with Gasteiger partial charge < -0.3 is 10.1 Å². The molecule has 0 saturated heterocycles. The van der Waals surface area contributed by atoms with E-state index in [0.29, 0.717) is 23.5 Å². The van der Waals surface area contributed by atoms with Crippen molar-refractivity contribution in [2.24, 2.45) is 0 Å². The SMILES string of the molecule is COc1ccc(C)cc1N(CCCC(=O)Nc1ccc(Cc2ccncc2)cc1)S(C)(=O)=O. The summed E-state index contributed by atoms with van der Waals surface area (Å²) in [5, 5.41) is 2.88. The molecule has 2 aromatic carbocycles. The summed E-state index contributed by atoms with van der Waals surface area (Å²) >= 11 is 0. The van der Waals surface area contributed by atoms with Crippen molar-refractivity contribution in [3.63, 3.8) is 0 Å². The number of carbonyl (C=O) groups is 1. The largest absolute Gasteiger partial charge is 0.495 e. The van der Waals surface area contributed by atoms with Crippen LogP contribution in [0.4, 0.5) is 11.4 Å². The second-order valence-corrected chi connectivity index (χ2v) is 9.80. The summed E-state index contributed by atoms with van der Waals surface area (Å²) < 4.78 is 31.4. The van der Waals surface area contributed by atoms with Gasteiger partial charge >= 0.3 is 0 Å². The van der Waals surface area contributed by atoms with Crippen molar-refractivity contribution in [2.45, 2.75) is 26.2 Å². The van der Waals surface area contributed by atoms with Gasteiger partial charge in [-0.2, -0.15) is 0 Å². The first kappa shape index (κ1) is 24.3. The number of hydrogen-bond donors (Lipinski definition) is 1. The van der Waals surface area contributed by atoms with Gasteiger partial charge in [0.2, 0.25) is 15.9 Å². The highest BCUT2D eigenvalue weighted by Crippen LogP contribution is 2.31. The predicted octanol–water partition coefficient (Wildman–Crippen LogP) is 4.17. The fourth-order valence-corrected chi connectivity index (χ4v) is 4.47. The lowest BCUT2D eigenvalue weighted by atomic mass is 10.1. The second-order valence-electron chi connectivity index (χ2n) is 7.89. The molecule has 0 spiro atoms. The van der Waals surface area contributed by atoms with Crippen molar-refractivity contribution in [3.8, 4) is 5.75 Å². The van der Waals surface area contributed by atoms with Crippen LogP contribution in [0.1, 0.15) is 29.5 Å². The van der Waals surface area contributed by atoms with E-state index in [2.05, 4.69) is 10.3 Å². The summed E-state index contributed by atoms with van der Waals surface area (Å²) in [7, 11) is -2.03. The van der Waals surface area contributed by atoms with Crippen molar-refractivity contribution in [1.82, 2.24) is 4.98 Å². The van der Waals surface area contributed by atoms with Gasteiger partial charge in [0.1, 0.15) is 5.75 Å². The Hall–Kier alpha value is -3.39. The zero-order chi connectivity index (χ0) is 23.8. The molecule has 174 valence electrons. The third kappa shape index (κ3) is 7.05. The van der Waals surface area contributed by atoms with Crippen molar-refractivity contribution < 1.29 is 17.9 Å². The average molecular weight is 468 g/mol. The van der Waals surface area contributed by atoms with Crippen LogP contribution in [0.3, 0.4) is 0 Å². The van der Waals surface area contributed by atoms with Gasteiger partial charge in [0, 0.05) is 31.0 Å². The predicted molar refractivity (Wildman–Crippen MR) is 131 cm³/mol. The van der Waals surface area contributed by atoms with Gasteiger partial charge in [-0.25, -0.2) is 8.42 Å². The van der Waals surface area contributed by atoms with E-state index in [1.165, 1.54) is 17.0 Å². The number of carbonyl (C=O) groups excluding carboxylic acids is 1. The minimum Gasteiger partial charge on any atom is -0.495 e. The summed E-state index contributed by atoms with van der Waals surface area (Å²) in [4.78, 5) is 16.4. The van der Waals surface area contributed by atoms with Gasteiger partial charge in [-0.15, -0.1) is 0 Å². The van der Waals surface area contributed by atoms with E-state index in [9.17, 15) is 13.2 Å². The summed E-state index contributed by atoms with van der Waals surface area (Å²) in [5.74, 6) is 0.309. The monoisotopic (exact) mass is 467 g/mol. The number of pyridine rings is 1. The minimum atomic E-state index is -3.54. The minimum absolute atomic E-state index is 0.165. The van der Waals surface area contributed by atoms with Gasteiger partial charge in [-0.3, -0.25) is 14.1 Å². The summed E-state index contributed by atoms with van der Waals surface area (Å²) in [5.41, 5.74) is 4.41. The van der Waals surface area contributed by atoms with E-state index in [1.54, 1.807) is 24.5 Å². The number of methoxy groups -OCH3 is 1. The molecular weight excluding hydrogens is 438 g/mol. The molecule has 0 aliphatic carbocycles. The van der Waals surface area contributed by atoms with E-state index in [-0.39, 0.29) is 18.9 Å². The van der Waals surface area contributed by atoms with Gasteiger partial charge in [-0.1, -0.05) is 18.2 Å². The smallest absolute Gasteiger partial charge is 0.232 e. The molecule has 0 aliphatic heterocycles. The van der Waals surface area contributed by atoms with Crippen LogP contribution in [0.2, 0.25) is 0 Å². The highest BCUT2D eigenvalue weighted by Gasteiger charge is 2.21. The molecule has 0 unspecified atom stereocenters. The van der Waals surface area contributed by atoms with Gasteiger partial charge in [-0.05, 0) is 72.9 Å². The number of benzene rings is 2. The molecule has 0 aliphatic rings. The molecule has 7 nitrogen and oxygen atoms in total. The third-order valence-corrected chi connectivity index (χ3v) is 6.34. The lowest BCUT2D eigenvalue weighted by Gasteiger charge is -2.24. The first-order chi connectivity index (χ1) is 15.8. The second kappa shape index (κ2) is 11.0. The Bertz CT molecular complexity index is 1180. The van der Waals surface area contributed by atoms with Crippen molar-refractivity contribution in [3.05, 3.63) is 83.7 Å². The lowest BCUT2D eigenvalue weighted by molar-refractivity contribution is -0.116. The first-order valence-corrected chi connectivity index (χ1v) is 12.5. The van der Waals surface area contributed by atoms with E-state index in [0.717, 1.165) is 23.8 Å². The molecule has 1 amide bonds. The molecule has 8 heteroatoms. The maximum absolute atomic E-state index is 12.4. The van der Waals surface area contributed by atoms with Crippen LogP contribution in [0.5, 0.6) is 5.75 Å². The standard InChI is InChI=1S/C25H29N3O4S/c1-19-6-11-24(32-2)23(17-19)28(33(3,30)31)16-4-5-25(29)27-22-9-7-20(8-10-22)18-21-12-14-26-15-13-21/h6-15,17H,4-5,16,18H2,1-3H3,(H,27,29). The lowest BCUT2D eigenvalue weighted by Crippen LogP contribution is -2.32. The number of nitrogens with zero attached hydrogens (tertiary/aromatic N) is 2. The van der Waals surface area contributed by atoms with Crippen LogP contribution in [0.25, 0.3) is 0 Å². The molecular formula is C25H29N3O4S. The molecule has 3 rings (SSSR count). The number of amides is 1. The van der Waals surface area contributed by atoms with E-state index in [1.807, 2.05) is 49.4 Å². The molecule has 0 atom stereocenters. The Morgan fingerprint density at radius 1 is 1.03 bits per heavy atom. The van der Waals surface area contributed by atoms with Crippen LogP contribution in [0.15, 0.2) is 67.0 Å². The number of aryl methyl sites for hydroxylation is 1. The summed E-state index contributed by atoms with van der Waals surface area (Å²) in [6.07, 6.45) is 6.05. The van der Waals surface area contributed by atoms with Crippen molar-refractivity contribution in [2.75, 3.05) is 29.5 Å². The molecule has 1 heterocycles. The Balaban J connectivity index is 1.57. The quantitative estimate of drug-likeness (QED) is 0.483. The maximum Gasteiger partial charge on any atom is 0.232 e. The van der Waals surface area contributed by atoms with Gasteiger partial charge in [0.15, 0.2) is 0 Å². The van der Waals surface area contributed by atoms with Gasteiger partial charge in [0.25, 0.3) is 0 Å². The zero-order valence-corrected chi connectivity index (χ0v) is 19.9. The molecule has 0 saturated carbocycles. The van der Waals surface area contributed by atoms with Crippen LogP contribution in [0, 0.1) is 6.92 Å². The first-order valence-electron chi connectivity index (χ1n) is 10.7. The Morgan fingerprint density at radius 3 is 2.33 bits per heavy atom. The van der Waals surface area contributed by atoms with Crippen LogP contribution < -0.4 is 14.4 Å². The van der Waals surface area contributed by atoms with Crippen molar-refractivity contribution >= 4 is 27.3 Å². The zero-order valence-electron chi connectivity index (χ0n) is 19.1. The number of hydrogen-bond acceptors (Lipinski definition) is 5. The topological polar surface area (TPSA) is 88.6 Å². The number of nitrogens with one attached hydrogen (secondary N) is 1. The number of sulfonamides is 1. The average Bonchev–Trinajstić information content (AvgIpc) is 2.78. The fourth-order valence-electron chi connectivity index (χ4n) is 3.51. The van der Waals surface area contributed by atoms with E-state index >= 15 is 0 Å². The number of aromatic nitrogens is 1. The highest BCUT2D eigenvalue weighted by atomic mass is 32.2. The van der Waals surface area contributed by atoms with Crippen molar-refractivity contribution in [1.29, 1.82) is 0 Å². The number of anilines is 2.